The fourth-order valence-electron chi connectivity index (χ4n) is 5.13. The zero-order chi connectivity index (χ0) is 22.6. The highest BCUT2D eigenvalue weighted by Gasteiger charge is 2.33. The number of piperazine rings is 1. The molecule has 0 bridgehead atoms. The van der Waals surface area contributed by atoms with Gasteiger partial charge >= 0.3 is 0 Å². The van der Waals surface area contributed by atoms with Crippen LogP contribution in [0, 0.1) is 0 Å². The van der Waals surface area contributed by atoms with Crippen molar-refractivity contribution < 1.29 is 9.47 Å². The second-order valence-electron chi connectivity index (χ2n) is 8.82. The molecule has 0 N–H and O–H groups in total. The first kappa shape index (κ1) is 21.7. The van der Waals surface area contributed by atoms with Crippen molar-refractivity contribution in [1.82, 2.24) is 25.1 Å². The molecule has 8 heteroatoms. The zero-order valence-electron chi connectivity index (χ0n) is 19.4. The van der Waals surface area contributed by atoms with E-state index in [4.69, 9.17) is 9.47 Å². The van der Waals surface area contributed by atoms with Crippen LogP contribution >= 0.6 is 0 Å². The van der Waals surface area contributed by atoms with Crippen molar-refractivity contribution in [3.05, 3.63) is 59.9 Å². The van der Waals surface area contributed by atoms with Crippen LogP contribution in [0.15, 0.2) is 48.5 Å². The number of ether oxygens (including phenoxy) is 2. The maximum Gasteiger partial charge on any atom is 0.173 e. The fraction of sp³-hybridized carbons (Fsp3) is 0.480. The molecule has 0 spiro atoms. The highest BCUT2D eigenvalue weighted by atomic mass is 16.5. The average molecular weight is 449 g/mol. The normalized spacial score (nSPS) is 18.4. The maximum absolute atomic E-state index is 5.39. The summed E-state index contributed by atoms with van der Waals surface area (Å²) in [5, 5.41) is 13.1. The number of methoxy groups -OCH3 is 2. The van der Waals surface area contributed by atoms with Gasteiger partial charge in [-0.15, -0.1) is 5.10 Å². The minimum Gasteiger partial charge on any atom is -0.497 e. The Labute approximate surface area is 195 Å². The van der Waals surface area contributed by atoms with Gasteiger partial charge in [-0.2, -0.15) is 0 Å². The molecule has 1 atom stereocenters. The van der Waals surface area contributed by atoms with Crippen molar-refractivity contribution in [3.63, 3.8) is 0 Å². The van der Waals surface area contributed by atoms with Crippen molar-refractivity contribution in [2.24, 2.45) is 0 Å². The summed E-state index contributed by atoms with van der Waals surface area (Å²) in [6.07, 6.45) is 4.80. The van der Waals surface area contributed by atoms with Gasteiger partial charge in [-0.05, 0) is 65.2 Å². The van der Waals surface area contributed by atoms with E-state index in [1.807, 2.05) is 24.3 Å². The average Bonchev–Trinajstić information content (AvgIpc) is 3.58. The van der Waals surface area contributed by atoms with Gasteiger partial charge in [0.05, 0.1) is 26.3 Å². The van der Waals surface area contributed by atoms with Gasteiger partial charge in [0.1, 0.15) is 11.5 Å². The fourth-order valence-corrected chi connectivity index (χ4v) is 5.13. The van der Waals surface area contributed by atoms with Crippen LogP contribution in [0.3, 0.4) is 0 Å². The molecule has 0 radical (unpaired) electrons. The zero-order valence-corrected chi connectivity index (χ0v) is 19.4. The summed E-state index contributed by atoms with van der Waals surface area (Å²) in [6.45, 7) is 3.76. The Balaban J connectivity index is 1.40. The van der Waals surface area contributed by atoms with E-state index in [1.165, 1.54) is 24.1 Å². The quantitative estimate of drug-likeness (QED) is 0.546. The third kappa shape index (κ3) is 4.53. The van der Waals surface area contributed by atoms with Crippen molar-refractivity contribution in [1.29, 1.82) is 0 Å². The van der Waals surface area contributed by atoms with Gasteiger partial charge in [0.15, 0.2) is 5.82 Å². The first-order chi connectivity index (χ1) is 16.3. The molecule has 2 heterocycles. The Morgan fingerprint density at radius 3 is 2.03 bits per heavy atom. The van der Waals surface area contributed by atoms with E-state index in [2.05, 4.69) is 54.3 Å². The number of rotatable bonds is 7. The smallest absolute Gasteiger partial charge is 0.173 e. The van der Waals surface area contributed by atoms with Crippen LogP contribution in [0.4, 0.5) is 5.69 Å². The van der Waals surface area contributed by atoms with E-state index in [-0.39, 0.29) is 6.04 Å². The minimum atomic E-state index is 0.0181. The number of aromatic nitrogens is 4. The third-order valence-corrected chi connectivity index (χ3v) is 6.98. The molecule has 2 aromatic carbocycles. The van der Waals surface area contributed by atoms with Gasteiger partial charge in [-0.1, -0.05) is 25.0 Å². The number of benzene rings is 2. The Hall–Kier alpha value is -3.13. The summed E-state index contributed by atoms with van der Waals surface area (Å²) in [5.41, 5.74) is 2.43. The number of tetrazole rings is 1. The molecule has 1 saturated heterocycles. The van der Waals surface area contributed by atoms with Gasteiger partial charge in [0, 0.05) is 31.9 Å². The molecule has 1 saturated carbocycles. The molecule has 33 heavy (non-hydrogen) atoms. The Morgan fingerprint density at radius 2 is 1.42 bits per heavy atom. The van der Waals surface area contributed by atoms with E-state index >= 15 is 0 Å². The van der Waals surface area contributed by atoms with Crippen LogP contribution in [0.25, 0.3) is 0 Å². The first-order valence-corrected chi connectivity index (χ1v) is 11.8. The van der Waals surface area contributed by atoms with Gasteiger partial charge in [0.25, 0.3) is 0 Å². The Kier molecular flexibility index (Phi) is 6.44. The largest absolute Gasteiger partial charge is 0.497 e. The predicted octanol–water partition coefficient (Wildman–Crippen LogP) is 3.72. The summed E-state index contributed by atoms with van der Waals surface area (Å²) < 4.78 is 12.8. The van der Waals surface area contributed by atoms with Crippen LogP contribution < -0.4 is 14.4 Å². The molecular weight excluding hydrogens is 416 g/mol. The van der Waals surface area contributed by atoms with E-state index in [0.717, 1.165) is 56.3 Å². The second kappa shape index (κ2) is 9.79. The van der Waals surface area contributed by atoms with Crippen LogP contribution in [0.1, 0.15) is 49.2 Å². The minimum absolute atomic E-state index is 0.0181. The van der Waals surface area contributed by atoms with Crippen LogP contribution in [0.5, 0.6) is 11.5 Å². The standard InChI is InChI=1S/C25H32N6O2/c1-32-22-11-7-19(8-12-22)24(25-26-27-28-31(25)21-5-3-4-6-21)30-17-15-29(16-18-30)20-9-13-23(33-2)14-10-20/h7-14,21,24H,3-6,15-18H2,1-2H3/t24-/m0/s1. The summed E-state index contributed by atoms with van der Waals surface area (Å²) in [4.78, 5) is 4.94. The molecule has 2 fully saturated rings. The van der Waals surface area contributed by atoms with E-state index in [1.54, 1.807) is 14.2 Å². The van der Waals surface area contributed by atoms with Gasteiger partial charge in [-0.3, -0.25) is 4.90 Å². The molecule has 174 valence electrons. The lowest BCUT2D eigenvalue weighted by Gasteiger charge is -2.40. The molecule has 1 aromatic heterocycles. The first-order valence-electron chi connectivity index (χ1n) is 11.8. The lowest BCUT2D eigenvalue weighted by molar-refractivity contribution is 0.197. The lowest BCUT2D eigenvalue weighted by atomic mass is 10.0. The highest BCUT2D eigenvalue weighted by Crippen LogP contribution is 2.35. The maximum atomic E-state index is 5.39. The van der Waals surface area contributed by atoms with Crippen LogP contribution in [-0.4, -0.2) is 65.5 Å². The summed E-state index contributed by atoms with van der Waals surface area (Å²) in [7, 11) is 3.40. The van der Waals surface area contributed by atoms with Crippen molar-refractivity contribution in [2.45, 2.75) is 37.8 Å². The second-order valence-corrected chi connectivity index (χ2v) is 8.82. The Morgan fingerprint density at radius 1 is 0.818 bits per heavy atom. The third-order valence-electron chi connectivity index (χ3n) is 6.98. The molecule has 0 unspecified atom stereocenters. The number of anilines is 1. The molecule has 8 nitrogen and oxygen atoms in total. The highest BCUT2D eigenvalue weighted by molar-refractivity contribution is 5.49. The van der Waals surface area contributed by atoms with Gasteiger partial charge in [0.2, 0.25) is 0 Å². The van der Waals surface area contributed by atoms with Crippen molar-refractivity contribution >= 4 is 5.69 Å². The van der Waals surface area contributed by atoms with Crippen LogP contribution in [0.2, 0.25) is 0 Å². The Bertz CT molecular complexity index is 1020. The molecule has 1 aliphatic heterocycles. The lowest BCUT2D eigenvalue weighted by Crippen LogP contribution is -2.48. The predicted molar refractivity (Wildman–Crippen MR) is 127 cm³/mol. The van der Waals surface area contributed by atoms with Crippen molar-refractivity contribution in [2.75, 3.05) is 45.3 Å². The van der Waals surface area contributed by atoms with E-state index in [0.29, 0.717) is 6.04 Å². The van der Waals surface area contributed by atoms with Gasteiger partial charge < -0.3 is 14.4 Å². The number of hydrogen-bond acceptors (Lipinski definition) is 7. The monoisotopic (exact) mass is 448 g/mol. The summed E-state index contributed by atoms with van der Waals surface area (Å²) in [5.74, 6) is 2.69. The molecule has 5 rings (SSSR count). The molecule has 1 aliphatic carbocycles. The number of hydrogen-bond donors (Lipinski definition) is 0. The van der Waals surface area contributed by atoms with Crippen molar-refractivity contribution in [3.8, 4) is 11.5 Å². The van der Waals surface area contributed by atoms with E-state index in [9.17, 15) is 0 Å². The van der Waals surface area contributed by atoms with Gasteiger partial charge in [-0.25, -0.2) is 4.68 Å². The van der Waals surface area contributed by atoms with Crippen LogP contribution in [-0.2, 0) is 0 Å². The molecular formula is C25H32N6O2. The molecule has 3 aromatic rings. The number of nitrogens with zero attached hydrogens (tertiary/aromatic N) is 6. The topological polar surface area (TPSA) is 68.5 Å². The van der Waals surface area contributed by atoms with E-state index < -0.39 is 0 Å². The molecule has 0 amide bonds. The summed E-state index contributed by atoms with van der Waals surface area (Å²) in [6, 6.07) is 17.1. The molecule has 2 aliphatic rings. The summed E-state index contributed by atoms with van der Waals surface area (Å²) >= 11 is 0. The SMILES string of the molecule is COc1ccc([C@@H](c2nnnn2C2CCCC2)N2CCN(c3ccc(OC)cc3)CC2)cc1.